The number of aliphatic hydroxyl groups excluding tert-OH is 4. The highest BCUT2D eigenvalue weighted by Crippen LogP contribution is 2.36. The highest BCUT2D eigenvalue weighted by Gasteiger charge is 2.34. The molecule has 12 heterocycles. The number of aliphatic hydroxyl groups is 4. The smallest absolute Gasteiger partial charge is 0.261 e. The zero-order valence-corrected chi connectivity index (χ0v) is 74.2. The first kappa shape index (κ1) is 89.4. The first-order chi connectivity index (χ1) is 63.0. The van der Waals surface area contributed by atoms with Gasteiger partial charge in [0, 0.05) is 98.2 Å². The minimum Gasteiger partial charge on any atom is -0.391 e. The second-order valence-corrected chi connectivity index (χ2v) is 35.5. The van der Waals surface area contributed by atoms with Gasteiger partial charge in [0.15, 0.2) is 5.78 Å². The summed E-state index contributed by atoms with van der Waals surface area (Å²) in [5.74, 6) is 0.613. The molecule has 0 spiro atoms. The second kappa shape index (κ2) is 39.4. The summed E-state index contributed by atoms with van der Waals surface area (Å²) >= 11 is 11.9. The van der Waals surface area contributed by atoms with Gasteiger partial charge in [0.2, 0.25) is 5.91 Å². The van der Waals surface area contributed by atoms with Crippen molar-refractivity contribution in [2.24, 2.45) is 5.92 Å². The number of pyridine rings is 4. The van der Waals surface area contributed by atoms with Gasteiger partial charge in [0.1, 0.15) is 16.0 Å². The highest BCUT2D eigenvalue weighted by atomic mass is 35.5. The van der Waals surface area contributed by atoms with Crippen LogP contribution in [0.2, 0.25) is 10.3 Å². The summed E-state index contributed by atoms with van der Waals surface area (Å²) in [4.78, 5) is 116. The van der Waals surface area contributed by atoms with E-state index in [1.54, 1.807) is 74.4 Å². The third-order valence-electron chi connectivity index (χ3n) is 25.2. The van der Waals surface area contributed by atoms with Gasteiger partial charge < -0.3 is 40.1 Å². The van der Waals surface area contributed by atoms with Crippen LogP contribution in [0.1, 0.15) is 157 Å². The normalized spacial score (nSPS) is 18.9. The third-order valence-corrected chi connectivity index (χ3v) is 25.7. The van der Waals surface area contributed by atoms with E-state index >= 15 is 0 Å². The van der Waals surface area contributed by atoms with Crippen molar-refractivity contribution in [1.29, 1.82) is 0 Å². The highest BCUT2D eigenvalue weighted by molar-refractivity contribution is 6.29. The summed E-state index contributed by atoms with van der Waals surface area (Å²) in [6, 6.07) is 53.3. The van der Waals surface area contributed by atoms with Crippen LogP contribution in [0.15, 0.2) is 239 Å². The van der Waals surface area contributed by atoms with Crippen LogP contribution in [0, 0.1) is 5.92 Å². The topological polar surface area (TPSA) is 340 Å². The number of Topliss-reactive ketones (excluding diaryl/α,β-unsaturated/α-hetero) is 1. The Morgan fingerprint density at radius 1 is 0.423 bits per heavy atom. The number of hydrogen-bond donors (Lipinski definition) is 5. The lowest BCUT2D eigenvalue weighted by molar-refractivity contribution is -0.132. The monoisotopic (exact) mass is 1780 g/mol. The van der Waals surface area contributed by atoms with Gasteiger partial charge in [-0.25, -0.2) is 29.9 Å². The van der Waals surface area contributed by atoms with Crippen LogP contribution in [0.4, 0.5) is 0 Å². The summed E-state index contributed by atoms with van der Waals surface area (Å²) in [5, 5.41) is 56.0. The minimum atomic E-state index is -0.747. The van der Waals surface area contributed by atoms with Crippen molar-refractivity contribution in [1.82, 2.24) is 68.4 Å². The molecule has 28 heteroatoms. The Kier molecular flexibility index (Phi) is 27.1. The third kappa shape index (κ3) is 19.1. The molecule has 16 aromatic rings. The van der Waals surface area contributed by atoms with Crippen LogP contribution in [0.3, 0.4) is 0 Å². The maximum atomic E-state index is 13.6. The second-order valence-electron chi connectivity index (χ2n) is 34.8. The lowest BCUT2D eigenvalue weighted by Crippen LogP contribution is -2.48. The SMILES string of the molecule is CC(=O)N1CC[C@H](O)[C@@H](n2cnc3c(cc(Cc4ccc(Cl)nc4)c4ccccc43)c2=O)C1.CC(C)CC(=O)c1ccc(Cc2cc3c(=O)n([C@H]4CCOC[C@@H]4O)cnc3c3ccccc23)cn1.CC(C)c1cc(Cc2cc3c(=O)n([C@H]4CCOC[C@@H]4O)cnc3c3ccccc23)ccn1.O=c1c2cc(Cc3ccc(Cl)nc3)c3ccccc3c2ncn1[C@H]1CNCC[C@@H]1O. The van der Waals surface area contributed by atoms with Crippen LogP contribution in [0.25, 0.3) is 86.7 Å². The van der Waals surface area contributed by atoms with Gasteiger partial charge in [-0.15, -0.1) is 0 Å². The van der Waals surface area contributed by atoms with E-state index in [9.17, 15) is 49.2 Å². The lowest BCUT2D eigenvalue weighted by atomic mass is 9.95. The van der Waals surface area contributed by atoms with Crippen molar-refractivity contribution in [3.63, 3.8) is 0 Å². The van der Waals surface area contributed by atoms with Gasteiger partial charge in [-0.1, -0.05) is 166 Å². The number of piperidine rings is 2. The molecular formula is C102H100Cl2N14O12. The molecule has 0 bridgehead atoms. The zero-order valence-electron chi connectivity index (χ0n) is 72.7. The number of likely N-dealkylation sites (tertiary alicyclic amines) is 1. The molecule has 4 aliphatic heterocycles. The molecule has 20 rings (SSSR count). The summed E-state index contributed by atoms with van der Waals surface area (Å²) in [6.07, 6.45) is 15.7. The summed E-state index contributed by atoms with van der Waals surface area (Å²) in [5.41, 5.74) is 11.7. The van der Waals surface area contributed by atoms with E-state index in [4.69, 9.17) is 32.7 Å². The molecule has 5 N–H and O–H groups in total. The first-order valence-corrected chi connectivity index (χ1v) is 44.9. The maximum Gasteiger partial charge on any atom is 0.261 e. The molecule has 4 saturated heterocycles. The molecule has 130 heavy (non-hydrogen) atoms. The number of fused-ring (bicyclic) bond motifs is 12. The largest absolute Gasteiger partial charge is 0.391 e. The standard InChI is InChI=1S/C28H29N3O4.C26H27N3O3.C25H23ClN4O3.C23H21ClN4O2/c1-17(2)11-25(32)23-8-7-18(14-29-23)12-19-13-22-27(21-6-4-3-5-20(19)21)30-16-31(28(22)34)24-9-10-35-15-26(24)33;1-16(2)22-12-17(7-9-27-22)11-18-13-21-25(20-6-4-3-5-19(18)20)28-15-29(26(21)31)23-8-10-32-14-24(23)30;1-15(31)29-9-8-22(32)21(13-29)30-14-28-24-19-5-3-2-4-18(19)17(11-20(24)25(30)33)10-16-6-7-23(26)27-12-16;24-21-6-5-14(11-26-21)9-15-10-18-22(17-4-2-1-3-16(15)17)27-13-28(23(18)30)19-12-25-8-7-20(19)29/h3-8,13-14,16-17,24,26,33H,9-12,15H2,1-2H3;3-7,9,12-13,15-16,23-24,30H,8,10-11,14H2,1-2H3;2-7,11-12,14,21-22,32H,8-10,13H2,1H3;1-6,10-11,13,19-20,25,29H,7-9,12H2/t24-,26-;23-,24-;21-,22-;19-,20-/m0000/s1. The maximum absolute atomic E-state index is 13.6. The molecule has 0 radical (unpaired) electrons. The van der Waals surface area contributed by atoms with Gasteiger partial charge in [-0.3, -0.25) is 57.0 Å². The van der Waals surface area contributed by atoms with E-state index in [-0.39, 0.29) is 77.7 Å². The Balaban J connectivity index is 0.000000122. The molecular weight excluding hydrogens is 1680 g/mol. The number of carbonyl (C=O) groups excluding carboxylic acids is 2. The number of aromatic nitrogens is 12. The number of nitrogens with one attached hydrogen (secondary N) is 1. The molecule has 1 amide bonds. The lowest BCUT2D eigenvalue weighted by Gasteiger charge is -2.36. The van der Waals surface area contributed by atoms with Crippen molar-refractivity contribution in [3.8, 4) is 0 Å². The average Bonchev–Trinajstić information content (AvgIpc) is 0.760. The molecule has 664 valence electrons. The quantitative estimate of drug-likeness (QED) is 0.0341. The number of amides is 1. The molecule has 0 saturated carbocycles. The first-order valence-electron chi connectivity index (χ1n) is 44.1. The summed E-state index contributed by atoms with van der Waals surface area (Å²) in [7, 11) is 0. The number of carbonyl (C=O) groups is 2. The fourth-order valence-corrected chi connectivity index (χ4v) is 18.6. The Morgan fingerprint density at radius 3 is 1.18 bits per heavy atom. The number of benzene rings is 8. The minimum absolute atomic E-state index is 0.0460. The van der Waals surface area contributed by atoms with E-state index in [1.807, 2.05) is 154 Å². The van der Waals surface area contributed by atoms with E-state index < -0.39 is 30.5 Å². The number of hydrogen-bond acceptors (Lipinski definition) is 21. The van der Waals surface area contributed by atoms with Gasteiger partial charge in [0.05, 0.1) is 131 Å². The predicted octanol–water partition coefficient (Wildman–Crippen LogP) is 14.5. The zero-order chi connectivity index (χ0) is 90.5. The van der Waals surface area contributed by atoms with Crippen LogP contribution in [-0.2, 0) is 40.0 Å². The molecule has 8 aromatic heterocycles. The van der Waals surface area contributed by atoms with Gasteiger partial charge in [0.25, 0.3) is 22.2 Å². The number of halogens is 2. The van der Waals surface area contributed by atoms with Crippen molar-refractivity contribution < 1.29 is 39.5 Å². The molecule has 26 nitrogen and oxygen atoms in total. The molecule has 8 atom stereocenters. The predicted molar refractivity (Wildman–Crippen MR) is 506 cm³/mol. The summed E-state index contributed by atoms with van der Waals surface area (Å²) < 4.78 is 16.8. The fraction of sp³-hybridized carbons (Fsp3) is 0.314. The number of nitrogens with zero attached hydrogens (tertiary/aromatic N) is 13. The Hall–Kier alpha value is -12.6. The van der Waals surface area contributed by atoms with Crippen molar-refractivity contribution in [2.75, 3.05) is 52.6 Å². The molecule has 0 aliphatic carbocycles. The van der Waals surface area contributed by atoms with E-state index in [2.05, 4.69) is 77.2 Å². The molecule has 4 fully saturated rings. The molecule has 4 aliphatic rings. The van der Waals surface area contributed by atoms with Crippen LogP contribution >= 0.6 is 23.2 Å². The van der Waals surface area contributed by atoms with Gasteiger partial charge >= 0.3 is 0 Å². The van der Waals surface area contributed by atoms with Crippen molar-refractivity contribution in [3.05, 3.63) is 328 Å². The fourth-order valence-electron chi connectivity index (χ4n) is 18.4. The summed E-state index contributed by atoms with van der Waals surface area (Å²) in [6.45, 7) is 13.3. The van der Waals surface area contributed by atoms with Gasteiger partial charge in [-0.2, -0.15) is 0 Å². The van der Waals surface area contributed by atoms with E-state index in [0.29, 0.717) is 150 Å². The van der Waals surface area contributed by atoms with E-state index in [0.717, 1.165) is 99.8 Å². The van der Waals surface area contributed by atoms with E-state index in [1.165, 1.54) is 17.8 Å². The number of ether oxygens (including phenoxy) is 2. The Morgan fingerprint density at radius 2 is 0.808 bits per heavy atom. The number of rotatable bonds is 16. The molecule has 8 aromatic carbocycles. The Bertz CT molecular complexity index is 7200. The van der Waals surface area contributed by atoms with Crippen LogP contribution in [0.5, 0.6) is 0 Å². The van der Waals surface area contributed by atoms with Crippen LogP contribution < -0.4 is 27.6 Å². The van der Waals surface area contributed by atoms with Crippen LogP contribution in [-0.4, -0.2) is 172 Å². The van der Waals surface area contributed by atoms with Crippen molar-refractivity contribution in [2.45, 2.75) is 147 Å². The van der Waals surface area contributed by atoms with Gasteiger partial charge in [-0.05, 0) is 190 Å². The number of ketones is 1. The van der Waals surface area contributed by atoms with Crippen molar-refractivity contribution >= 4 is 122 Å². The average molecular weight is 1780 g/mol. The Labute approximate surface area is 757 Å². The molecule has 0 unspecified atom stereocenters.